The third-order valence-corrected chi connectivity index (χ3v) is 4.06. The van der Waals surface area contributed by atoms with Crippen LogP contribution in [0.1, 0.15) is 0 Å². The smallest absolute Gasteiger partial charge is 0.352 e. The maximum Gasteiger partial charge on any atom is 1.00 e. The zero-order chi connectivity index (χ0) is 16.2. The number of benzene rings is 3. The molecular weight excluding hydrogens is 297 g/mol. The Morgan fingerprint density at radius 1 is 0.560 bits per heavy atom. The van der Waals surface area contributed by atoms with Gasteiger partial charge in [-0.25, -0.2) is 0 Å². The van der Waals surface area contributed by atoms with E-state index in [1.165, 1.54) is 5.56 Å². The molecule has 0 aliphatic rings. The summed E-state index contributed by atoms with van der Waals surface area (Å²) >= 11 is 0. The Kier molecular flexibility index (Phi) is 5.51. The number of nitrogens with zero attached hydrogens (tertiary/aromatic N) is 1. The van der Waals surface area contributed by atoms with Gasteiger partial charge in [0.1, 0.15) is 0 Å². The van der Waals surface area contributed by atoms with Crippen molar-refractivity contribution in [2.75, 3.05) is 0 Å². The minimum absolute atomic E-state index is 0. The van der Waals surface area contributed by atoms with Crippen LogP contribution in [0.2, 0.25) is 0 Å². The van der Waals surface area contributed by atoms with Crippen molar-refractivity contribution in [1.29, 1.82) is 0 Å². The van der Waals surface area contributed by atoms with Crippen molar-refractivity contribution < 1.29 is 18.9 Å². The van der Waals surface area contributed by atoms with Gasteiger partial charge in [-0.1, -0.05) is 108 Å². The molecule has 0 fully saturated rings. The SMILES string of the molecule is [Li+].[c-]1nc(-c2ccccc2)cc(-c2ccccc2)c1-c1ccccc1. The van der Waals surface area contributed by atoms with Crippen LogP contribution in [0.4, 0.5) is 0 Å². The summed E-state index contributed by atoms with van der Waals surface area (Å²) < 4.78 is 0. The first kappa shape index (κ1) is 17.2. The van der Waals surface area contributed by atoms with Gasteiger partial charge in [0.05, 0.1) is 0 Å². The largest absolute Gasteiger partial charge is 1.00 e. The van der Waals surface area contributed by atoms with Crippen molar-refractivity contribution in [3.05, 3.63) is 103 Å². The van der Waals surface area contributed by atoms with Crippen LogP contribution in [0.15, 0.2) is 97.1 Å². The van der Waals surface area contributed by atoms with Crippen LogP contribution >= 0.6 is 0 Å². The molecule has 0 unspecified atom stereocenters. The molecule has 0 aliphatic heterocycles. The van der Waals surface area contributed by atoms with Crippen LogP contribution in [-0.2, 0) is 0 Å². The molecule has 0 saturated carbocycles. The van der Waals surface area contributed by atoms with Crippen LogP contribution < -0.4 is 18.9 Å². The van der Waals surface area contributed by atoms with Crippen molar-refractivity contribution in [3.63, 3.8) is 0 Å². The van der Waals surface area contributed by atoms with E-state index in [1.54, 1.807) is 0 Å². The van der Waals surface area contributed by atoms with Gasteiger partial charge in [0.2, 0.25) is 0 Å². The molecule has 0 radical (unpaired) electrons. The van der Waals surface area contributed by atoms with E-state index >= 15 is 0 Å². The van der Waals surface area contributed by atoms with Crippen molar-refractivity contribution in [3.8, 4) is 33.5 Å². The minimum Gasteiger partial charge on any atom is -0.352 e. The van der Waals surface area contributed by atoms with Crippen molar-refractivity contribution >= 4 is 0 Å². The minimum atomic E-state index is 0. The summed E-state index contributed by atoms with van der Waals surface area (Å²) in [5, 5.41) is 0. The molecule has 0 N–H and O–H groups in total. The van der Waals surface area contributed by atoms with E-state index in [0.29, 0.717) is 0 Å². The molecule has 0 aliphatic carbocycles. The second-order valence-electron chi connectivity index (χ2n) is 5.64. The third kappa shape index (κ3) is 3.74. The zero-order valence-electron chi connectivity index (χ0n) is 14.2. The zero-order valence-corrected chi connectivity index (χ0v) is 14.2. The molecule has 0 spiro atoms. The fourth-order valence-corrected chi connectivity index (χ4v) is 2.84. The van der Waals surface area contributed by atoms with Gasteiger partial charge >= 0.3 is 18.9 Å². The Balaban J connectivity index is 0.00000182. The van der Waals surface area contributed by atoms with Gasteiger partial charge in [0.15, 0.2) is 0 Å². The van der Waals surface area contributed by atoms with E-state index in [0.717, 1.165) is 27.9 Å². The number of aromatic nitrogens is 1. The monoisotopic (exact) mass is 313 g/mol. The molecule has 114 valence electrons. The summed E-state index contributed by atoms with van der Waals surface area (Å²) in [7, 11) is 0. The summed E-state index contributed by atoms with van der Waals surface area (Å²) in [6, 6.07) is 33.1. The molecule has 0 bridgehead atoms. The van der Waals surface area contributed by atoms with E-state index < -0.39 is 0 Å². The van der Waals surface area contributed by atoms with Gasteiger partial charge in [0.25, 0.3) is 0 Å². The van der Waals surface area contributed by atoms with Crippen molar-refractivity contribution in [2.24, 2.45) is 0 Å². The first-order valence-corrected chi connectivity index (χ1v) is 8.01. The Hall–Kier alpha value is -2.59. The Morgan fingerprint density at radius 3 is 1.60 bits per heavy atom. The van der Waals surface area contributed by atoms with E-state index in [9.17, 15) is 0 Å². The van der Waals surface area contributed by atoms with Gasteiger partial charge < -0.3 is 4.98 Å². The molecular formula is C23H16LiN. The van der Waals surface area contributed by atoms with E-state index in [-0.39, 0.29) is 18.9 Å². The number of pyridine rings is 1. The van der Waals surface area contributed by atoms with Gasteiger partial charge in [-0.05, 0) is 17.5 Å². The second-order valence-corrected chi connectivity index (χ2v) is 5.64. The predicted octanol–water partition coefficient (Wildman–Crippen LogP) is 2.89. The maximum absolute atomic E-state index is 4.59. The number of rotatable bonds is 3. The Labute approximate surface area is 160 Å². The first-order valence-electron chi connectivity index (χ1n) is 8.01. The standard InChI is InChI=1S/C23H16N.Li/c1-4-10-18(11-5-1)21-16-23(20-14-8-3-9-15-20)24-17-22(21)19-12-6-2-7-13-19;/h1-16H;/q-1;+1. The predicted molar refractivity (Wildman–Crippen MR) is 99.4 cm³/mol. The van der Waals surface area contributed by atoms with Crippen molar-refractivity contribution in [1.82, 2.24) is 4.98 Å². The molecule has 1 aromatic heterocycles. The molecule has 1 nitrogen and oxygen atoms in total. The van der Waals surface area contributed by atoms with E-state index in [4.69, 9.17) is 0 Å². The van der Waals surface area contributed by atoms with Crippen molar-refractivity contribution in [2.45, 2.75) is 0 Å². The van der Waals surface area contributed by atoms with Crippen LogP contribution in [0.3, 0.4) is 0 Å². The molecule has 2 heteroatoms. The quantitative estimate of drug-likeness (QED) is 0.419. The summed E-state index contributed by atoms with van der Waals surface area (Å²) in [5.74, 6) is 0. The van der Waals surface area contributed by atoms with Crippen LogP contribution in [0.25, 0.3) is 33.5 Å². The average Bonchev–Trinajstić information content (AvgIpc) is 2.69. The van der Waals surface area contributed by atoms with E-state index in [1.807, 2.05) is 42.5 Å². The van der Waals surface area contributed by atoms with Crippen LogP contribution in [0.5, 0.6) is 0 Å². The summed E-state index contributed by atoms with van der Waals surface area (Å²) in [6.45, 7) is 0. The topological polar surface area (TPSA) is 12.9 Å². The summed E-state index contributed by atoms with van der Waals surface area (Å²) in [5.41, 5.74) is 6.52. The molecule has 0 saturated heterocycles. The molecule has 25 heavy (non-hydrogen) atoms. The normalized spacial score (nSPS) is 10.1. The molecule has 0 amide bonds. The fourth-order valence-electron chi connectivity index (χ4n) is 2.84. The van der Waals surface area contributed by atoms with Crippen LogP contribution in [0, 0.1) is 6.20 Å². The third-order valence-electron chi connectivity index (χ3n) is 4.06. The molecule has 1 heterocycles. The fraction of sp³-hybridized carbons (Fsp3) is 0. The van der Waals surface area contributed by atoms with Gasteiger partial charge in [-0.15, -0.1) is 11.6 Å². The summed E-state index contributed by atoms with van der Waals surface area (Å²) in [6.07, 6.45) is 3.27. The average molecular weight is 313 g/mol. The molecule has 3 aromatic carbocycles. The Morgan fingerprint density at radius 2 is 1.04 bits per heavy atom. The Bertz CT molecular complexity index is 935. The maximum atomic E-state index is 4.59. The molecule has 4 aromatic rings. The van der Waals surface area contributed by atoms with E-state index in [2.05, 4.69) is 65.8 Å². The number of hydrogen-bond acceptors (Lipinski definition) is 1. The van der Waals surface area contributed by atoms with Gasteiger partial charge in [-0.3, -0.25) is 0 Å². The summed E-state index contributed by atoms with van der Waals surface area (Å²) in [4.78, 5) is 4.59. The second kappa shape index (κ2) is 7.99. The molecule has 4 rings (SSSR count). The number of hydrogen-bond donors (Lipinski definition) is 0. The van der Waals surface area contributed by atoms with Crippen LogP contribution in [-0.4, -0.2) is 4.98 Å². The first-order chi connectivity index (χ1) is 11.9. The van der Waals surface area contributed by atoms with Gasteiger partial charge in [0, 0.05) is 0 Å². The molecule has 0 atom stereocenters. The van der Waals surface area contributed by atoms with Gasteiger partial charge in [-0.2, -0.15) is 0 Å².